The molecule has 166 valence electrons. The Morgan fingerprint density at radius 2 is 1.88 bits per heavy atom. The molecule has 1 amide bonds. The van der Waals surface area contributed by atoms with Gasteiger partial charge in [0.05, 0.1) is 5.56 Å². The number of oxime groups is 1. The van der Waals surface area contributed by atoms with Crippen LogP contribution in [0.1, 0.15) is 11.1 Å². The van der Waals surface area contributed by atoms with E-state index in [0.717, 1.165) is 0 Å². The molecular weight excluding hydrogens is 443 g/mol. The minimum Gasteiger partial charge on any atom is -0.437 e. The first kappa shape index (κ1) is 22.8. The van der Waals surface area contributed by atoms with E-state index in [0.29, 0.717) is 10.6 Å². The number of aromatic nitrogens is 2. The van der Waals surface area contributed by atoms with E-state index >= 15 is 4.39 Å². The molecule has 32 heavy (non-hydrogen) atoms. The van der Waals surface area contributed by atoms with E-state index in [-0.39, 0.29) is 22.8 Å². The molecule has 0 atom stereocenters. The van der Waals surface area contributed by atoms with Crippen LogP contribution in [0.4, 0.5) is 4.39 Å². The Balaban J connectivity index is 2.03. The maximum Gasteiger partial charge on any atom is 0.351 e. The molecule has 3 rings (SSSR count). The van der Waals surface area contributed by atoms with Gasteiger partial charge in [0.1, 0.15) is 18.6 Å². The van der Waals surface area contributed by atoms with Crippen molar-refractivity contribution in [2.24, 2.45) is 5.16 Å². The highest BCUT2D eigenvalue weighted by atomic mass is 35.5. The number of likely N-dealkylation sites (N-methyl/N-ethyl adjacent to an activating group) is 1. The molecule has 0 unspecified atom stereocenters. The molecule has 9 nitrogen and oxygen atoms in total. The molecule has 1 aromatic heterocycles. The number of ether oxygens (including phenoxy) is 2. The van der Waals surface area contributed by atoms with Crippen molar-refractivity contribution >= 4 is 23.2 Å². The Morgan fingerprint density at radius 3 is 2.59 bits per heavy atom. The van der Waals surface area contributed by atoms with Crippen LogP contribution in [0.2, 0.25) is 5.02 Å². The summed E-state index contributed by atoms with van der Waals surface area (Å²) in [5, 5.41) is 6.54. The molecule has 0 aliphatic rings. The van der Waals surface area contributed by atoms with Crippen molar-refractivity contribution in [1.29, 1.82) is 0 Å². The molecule has 0 bridgehead atoms. The summed E-state index contributed by atoms with van der Waals surface area (Å²) in [5.74, 6) is -2.56. The molecule has 3 aromatic rings. The number of carbonyl (C=O) groups is 1. The fourth-order valence-corrected chi connectivity index (χ4v) is 2.81. The summed E-state index contributed by atoms with van der Waals surface area (Å²) >= 11 is 6.06. The van der Waals surface area contributed by atoms with Crippen molar-refractivity contribution in [3.8, 4) is 23.3 Å². The first-order valence-electron chi connectivity index (χ1n) is 9.19. The molecule has 0 saturated heterocycles. The number of hydrogen-bond donors (Lipinski definition) is 2. The van der Waals surface area contributed by atoms with E-state index in [1.54, 1.807) is 37.3 Å². The van der Waals surface area contributed by atoms with Crippen LogP contribution in [0.3, 0.4) is 0 Å². The van der Waals surface area contributed by atoms with Crippen LogP contribution in [0.5, 0.6) is 23.3 Å². The van der Waals surface area contributed by atoms with Gasteiger partial charge in [-0.05, 0) is 31.2 Å². The number of amides is 1. The van der Waals surface area contributed by atoms with E-state index in [1.807, 2.05) is 0 Å². The molecule has 0 radical (unpaired) electrons. The molecule has 0 fully saturated rings. The predicted octanol–water partition coefficient (Wildman–Crippen LogP) is 3.55. The van der Waals surface area contributed by atoms with Crippen LogP contribution in [-0.2, 0) is 9.63 Å². The van der Waals surface area contributed by atoms with Crippen molar-refractivity contribution in [3.05, 3.63) is 74.9 Å². The summed E-state index contributed by atoms with van der Waals surface area (Å²) in [4.78, 5) is 34.7. The van der Waals surface area contributed by atoms with Crippen LogP contribution >= 0.6 is 11.6 Å². The number of para-hydroxylation sites is 1. The van der Waals surface area contributed by atoms with Crippen molar-refractivity contribution in [2.75, 3.05) is 14.2 Å². The fraction of sp³-hybridized carbons (Fsp3) is 0.143. The molecule has 0 saturated carbocycles. The van der Waals surface area contributed by atoms with E-state index in [4.69, 9.17) is 25.9 Å². The number of halogens is 2. The number of nitrogens with zero attached hydrogens (tertiary/aromatic N) is 2. The third-order valence-electron chi connectivity index (χ3n) is 4.21. The lowest BCUT2D eigenvalue weighted by Gasteiger charge is -2.14. The van der Waals surface area contributed by atoms with Crippen LogP contribution in [0.25, 0.3) is 0 Å². The van der Waals surface area contributed by atoms with E-state index in [9.17, 15) is 9.59 Å². The summed E-state index contributed by atoms with van der Waals surface area (Å²) < 4.78 is 26.2. The van der Waals surface area contributed by atoms with Gasteiger partial charge >= 0.3 is 5.69 Å². The van der Waals surface area contributed by atoms with E-state index < -0.39 is 29.2 Å². The third kappa shape index (κ3) is 4.86. The molecule has 11 heteroatoms. The zero-order chi connectivity index (χ0) is 23.3. The maximum atomic E-state index is 15.1. The Hall–Kier alpha value is -3.92. The van der Waals surface area contributed by atoms with Crippen molar-refractivity contribution in [1.82, 2.24) is 15.3 Å². The van der Waals surface area contributed by atoms with Crippen LogP contribution in [-0.4, -0.2) is 35.7 Å². The molecule has 2 aromatic carbocycles. The van der Waals surface area contributed by atoms with E-state index in [1.165, 1.54) is 26.3 Å². The first-order valence-corrected chi connectivity index (χ1v) is 9.56. The smallest absolute Gasteiger partial charge is 0.351 e. The SMILES string of the molecule is CNC(=O)C(=NOC)c1ccccc1Oc1[nH]c(=O)nc(Oc2cccc(Cl)c2C)c1F. The first-order chi connectivity index (χ1) is 15.3. The molecule has 2 N–H and O–H groups in total. The number of benzene rings is 2. The monoisotopic (exact) mass is 460 g/mol. The second-order valence-corrected chi connectivity index (χ2v) is 6.66. The van der Waals surface area contributed by atoms with Gasteiger partial charge in [-0.2, -0.15) is 9.37 Å². The highest BCUT2D eigenvalue weighted by molar-refractivity contribution is 6.45. The van der Waals surface area contributed by atoms with Crippen molar-refractivity contribution in [3.63, 3.8) is 0 Å². The molecule has 0 aliphatic carbocycles. The lowest BCUT2D eigenvalue weighted by Crippen LogP contribution is -2.29. The average molecular weight is 461 g/mol. The van der Waals surface area contributed by atoms with Gasteiger partial charge < -0.3 is 19.6 Å². The van der Waals surface area contributed by atoms with Gasteiger partial charge in [0.25, 0.3) is 11.8 Å². The van der Waals surface area contributed by atoms with Gasteiger partial charge in [-0.1, -0.05) is 35.0 Å². The quantitative estimate of drug-likeness (QED) is 0.411. The van der Waals surface area contributed by atoms with Crippen molar-refractivity contribution < 1.29 is 23.5 Å². The average Bonchev–Trinajstić information content (AvgIpc) is 2.78. The highest BCUT2D eigenvalue weighted by Crippen LogP contribution is 2.33. The van der Waals surface area contributed by atoms with Crippen LogP contribution in [0.15, 0.2) is 52.4 Å². The molecule has 0 spiro atoms. The number of aromatic amines is 1. The largest absolute Gasteiger partial charge is 0.437 e. The van der Waals surface area contributed by atoms with Gasteiger partial charge in [0, 0.05) is 17.6 Å². The number of nitrogens with one attached hydrogen (secondary N) is 2. The van der Waals surface area contributed by atoms with Gasteiger partial charge in [0.15, 0.2) is 5.71 Å². The normalized spacial score (nSPS) is 11.1. The predicted molar refractivity (Wildman–Crippen MR) is 115 cm³/mol. The van der Waals surface area contributed by atoms with Gasteiger partial charge in [-0.3, -0.25) is 9.78 Å². The number of rotatable bonds is 7. The standard InChI is InChI=1S/C21H18ClFN4O5/c1-11-13(22)8-6-10-14(11)31-19-16(23)20(26-21(29)25-19)32-15-9-5-4-7-12(15)17(27-30-3)18(28)24-2/h4-10H,1-3H3,(H,24,28)(H,25,26,29). The third-order valence-corrected chi connectivity index (χ3v) is 4.62. The summed E-state index contributed by atoms with van der Waals surface area (Å²) in [7, 11) is 2.69. The fourth-order valence-electron chi connectivity index (χ4n) is 2.64. The zero-order valence-electron chi connectivity index (χ0n) is 17.2. The zero-order valence-corrected chi connectivity index (χ0v) is 18.0. The summed E-state index contributed by atoms with van der Waals surface area (Å²) in [5.41, 5.74) is -0.299. The summed E-state index contributed by atoms with van der Waals surface area (Å²) in [6, 6.07) is 11.0. The van der Waals surface area contributed by atoms with Crippen LogP contribution in [0, 0.1) is 12.7 Å². The minimum absolute atomic E-state index is 0.0255. The number of H-pyrrole nitrogens is 1. The second-order valence-electron chi connectivity index (χ2n) is 6.26. The number of carbonyl (C=O) groups excluding carboxylic acids is 1. The van der Waals surface area contributed by atoms with Gasteiger partial charge in [-0.15, -0.1) is 0 Å². The Labute approximate surface area is 186 Å². The Bertz CT molecular complexity index is 1250. The second kappa shape index (κ2) is 9.92. The van der Waals surface area contributed by atoms with Gasteiger partial charge in [-0.25, -0.2) is 4.79 Å². The summed E-state index contributed by atoms with van der Waals surface area (Å²) in [6.07, 6.45) is 0. The topological polar surface area (TPSA) is 115 Å². The van der Waals surface area contributed by atoms with Crippen LogP contribution < -0.4 is 20.5 Å². The summed E-state index contributed by atoms with van der Waals surface area (Å²) in [6.45, 7) is 1.67. The molecule has 0 aliphatic heterocycles. The van der Waals surface area contributed by atoms with E-state index in [2.05, 4.69) is 20.4 Å². The highest BCUT2D eigenvalue weighted by Gasteiger charge is 2.22. The molecular formula is C21H18ClFN4O5. The Kier molecular flexibility index (Phi) is 7.06. The Morgan fingerprint density at radius 1 is 1.16 bits per heavy atom. The lowest BCUT2D eigenvalue weighted by atomic mass is 10.1. The number of hydrogen-bond acceptors (Lipinski definition) is 7. The maximum absolute atomic E-state index is 15.1. The van der Waals surface area contributed by atoms with Gasteiger partial charge in [0.2, 0.25) is 11.7 Å². The molecule has 1 heterocycles. The minimum atomic E-state index is -1.07. The lowest BCUT2D eigenvalue weighted by molar-refractivity contribution is -0.114. The van der Waals surface area contributed by atoms with Crippen molar-refractivity contribution in [2.45, 2.75) is 6.92 Å².